The summed E-state index contributed by atoms with van der Waals surface area (Å²) >= 11 is 0. The number of benzene rings is 1. The normalized spacial score (nSPS) is 11.9. The largest absolute Gasteiger partial charge is 0.493 e. The van der Waals surface area contributed by atoms with Crippen LogP contribution in [0.5, 0.6) is 5.75 Å². The van der Waals surface area contributed by atoms with Gasteiger partial charge < -0.3 is 10.1 Å². The molecule has 0 aliphatic heterocycles. The van der Waals surface area contributed by atoms with E-state index in [-0.39, 0.29) is 16.7 Å². The second kappa shape index (κ2) is 8.36. The van der Waals surface area contributed by atoms with E-state index < -0.39 is 0 Å². The maximum absolute atomic E-state index is 11.1. The number of rotatable bonds is 7. The molecule has 0 unspecified atom stereocenters. The molecular formula is C21H33NO2. The van der Waals surface area contributed by atoms with Crippen LogP contribution < -0.4 is 10.1 Å². The van der Waals surface area contributed by atoms with E-state index in [1.165, 1.54) is 17.2 Å². The molecule has 0 saturated heterocycles. The molecule has 0 saturated carbocycles. The van der Waals surface area contributed by atoms with Gasteiger partial charge in [0.2, 0.25) is 5.91 Å². The maximum Gasteiger partial charge on any atom is 0.243 e. The Hall–Kier alpha value is -1.77. The minimum atomic E-state index is -0.122. The van der Waals surface area contributed by atoms with Gasteiger partial charge in [0.05, 0.1) is 6.61 Å². The topological polar surface area (TPSA) is 38.3 Å². The summed E-state index contributed by atoms with van der Waals surface area (Å²) in [6.07, 6.45) is 3.09. The molecule has 0 heterocycles. The molecule has 0 radical (unpaired) electrons. The van der Waals surface area contributed by atoms with Crippen LogP contribution >= 0.6 is 0 Å². The van der Waals surface area contributed by atoms with Crippen molar-refractivity contribution in [3.8, 4) is 5.75 Å². The average Bonchev–Trinajstić information content (AvgIpc) is 2.48. The zero-order valence-corrected chi connectivity index (χ0v) is 16.2. The summed E-state index contributed by atoms with van der Waals surface area (Å²) in [4.78, 5) is 11.1. The van der Waals surface area contributed by atoms with Crippen LogP contribution in [0.4, 0.5) is 0 Å². The summed E-state index contributed by atoms with van der Waals surface area (Å²) in [5.74, 6) is 0.842. The molecule has 0 aliphatic carbocycles. The van der Waals surface area contributed by atoms with E-state index in [4.69, 9.17) is 4.74 Å². The lowest BCUT2D eigenvalue weighted by molar-refractivity contribution is -0.116. The molecule has 0 aromatic heterocycles. The fraction of sp³-hybridized carbons (Fsp3) is 0.571. The third-order valence-corrected chi connectivity index (χ3v) is 3.97. The van der Waals surface area contributed by atoms with E-state index in [2.05, 4.69) is 71.6 Å². The number of nitrogens with one attached hydrogen (secondary N) is 1. The summed E-state index contributed by atoms with van der Waals surface area (Å²) in [7, 11) is 0. The summed E-state index contributed by atoms with van der Waals surface area (Å²) in [5, 5.41) is 2.78. The number of amides is 1. The van der Waals surface area contributed by atoms with Crippen LogP contribution in [-0.4, -0.2) is 19.1 Å². The Morgan fingerprint density at radius 1 is 1.12 bits per heavy atom. The Morgan fingerprint density at radius 3 is 2.33 bits per heavy atom. The van der Waals surface area contributed by atoms with Gasteiger partial charge in [-0.15, -0.1) is 0 Å². The predicted octanol–water partition coefficient (Wildman–Crippen LogP) is 4.74. The number of carbonyl (C=O) groups is 1. The van der Waals surface area contributed by atoms with Crippen molar-refractivity contribution in [3.63, 3.8) is 0 Å². The molecule has 3 heteroatoms. The first-order valence-electron chi connectivity index (χ1n) is 8.74. The molecule has 24 heavy (non-hydrogen) atoms. The molecule has 0 atom stereocenters. The zero-order valence-electron chi connectivity index (χ0n) is 16.2. The van der Waals surface area contributed by atoms with Crippen LogP contribution in [-0.2, 0) is 15.6 Å². The monoisotopic (exact) mass is 331 g/mol. The Balaban J connectivity index is 2.67. The van der Waals surface area contributed by atoms with E-state index in [0.29, 0.717) is 13.2 Å². The van der Waals surface area contributed by atoms with Crippen molar-refractivity contribution >= 4 is 5.91 Å². The van der Waals surface area contributed by atoms with Crippen molar-refractivity contribution < 1.29 is 9.53 Å². The third-order valence-electron chi connectivity index (χ3n) is 3.97. The molecule has 1 aromatic rings. The minimum Gasteiger partial charge on any atom is -0.493 e. The fourth-order valence-corrected chi connectivity index (χ4v) is 2.40. The Bertz CT molecular complexity index is 562. The Morgan fingerprint density at radius 2 is 1.79 bits per heavy atom. The number of hydrogen-bond donors (Lipinski definition) is 1. The van der Waals surface area contributed by atoms with Crippen LogP contribution in [0.2, 0.25) is 0 Å². The van der Waals surface area contributed by atoms with Gasteiger partial charge in [0.1, 0.15) is 5.75 Å². The standard InChI is InChI=1S/C21H33NO2/c1-8-19(23)22-13-9-10-14-24-18-12-11-16(20(2,3)4)15-17(18)21(5,6)7/h8,11-12,15H,1,9-10,13-14H2,2-7H3,(H,22,23). The predicted molar refractivity (Wildman–Crippen MR) is 102 cm³/mol. The number of ether oxygens (including phenoxy) is 1. The van der Waals surface area contributed by atoms with Crippen LogP contribution in [0, 0.1) is 0 Å². The molecule has 1 aromatic carbocycles. The zero-order chi connectivity index (χ0) is 18.4. The quantitative estimate of drug-likeness (QED) is 0.579. The number of unbranched alkanes of at least 4 members (excludes halogenated alkanes) is 1. The van der Waals surface area contributed by atoms with Gasteiger partial charge in [-0.05, 0) is 46.9 Å². The highest BCUT2D eigenvalue weighted by molar-refractivity contribution is 5.86. The SMILES string of the molecule is C=CC(=O)NCCCCOc1ccc(C(C)(C)C)cc1C(C)(C)C. The van der Waals surface area contributed by atoms with Gasteiger partial charge in [-0.2, -0.15) is 0 Å². The molecule has 3 nitrogen and oxygen atoms in total. The molecule has 1 rings (SSSR count). The van der Waals surface area contributed by atoms with Crippen molar-refractivity contribution in [1.82, 2.24) is 5.32 Å². The summed E-state index contributed by atoms with van der Waals surface area (Å²) in [6, 6.07) is 6.54. The number of hydrogen-bond acceptors (Lipinski definition) is 2. The van der Waals surface area contributed by atoms with Gasteiger partial charge in [-0.25, -0.2) is 0 Å². The van der Waals surface area contributed by atoms with E-state index >= 15 is 0 Å². The lowest BCUT2D eigenvalue weighted by Crippen LogP contribution is -2.22. The molecule has 0 spiro atoms. The summed E-state index contributed by atoms with van der Waals surface area (Å²) in [5.41, 5.74) is 2.73. The second-order valence-electron chi connectivity index (χ2n) is 8.26. The van der Waals surface area contributed by atoms with Crippen molar-refractivity contribution in [3.05, 3.63) is 42.0 Å². The van der Waals surface area contributed by atoms with E-state index in [1.807, 2.05) is 0 Å². The van der Waals surface area contributed by atoms with E-state index in [0.717, 1.165) is 18.6 Å². The van der Waals surface area contributed by atoms with Gasteiger partial charge in [-0.3, -0.25) is 4.79 Å². The van der Waals surface area contributed by atoms with Gasteiger partial charge >= 0.3 is 0 Å². The van der Waals surface area contributed by atoms with Crippen molar-refractivity contribution in [2.75, 3.05) is 13.2 Å². The van der Waals surface area contributed by atoms with Crippen LogP contribution in [0.1, 0.15) is 65.5 Å². The van der Waals surface area contributed by atoms with Crippen molar-refractivity contribution in [1.29, 1.82) is 0 Å². The van der Waals surface area contributed by atoms with Crippen molar-refractivity contribution in [2.24, 2.45) is 0 Å². The summed E-state index contributed by atoms with van der Waals surface area (Å²) < 4.78 is 6.03. The average molecular weight is 332 g/mol. The van der Waals surface area contributed by atoms with Crippen LogP contribution in [0.15, 0.2) is 30.9 Å². The Labute approximate surface area is 147 Å². The Kier molecular flexibility index (Phi) is 7.07. The first-order chi connectivity index (χ1) is 11.1. The van der Waals surface area contributed by atoms with Crippen LogP contribution in [0.3, 0.4) is 0 Å². The second-order valence-corrected chi connectivity index (χ2v) is 8.26. The third kappa shape index (κ3) is 6.38. The van der Waals surface area contributed by atoms with Gasteiger partial charge in [-0.1, -0.05) is 60.3 Å². The molecule has 0 fully saturated rings. The number of carbonyl (C=O) groups excluding carboxylic acids is 1. The van der Waals surface area contributed by atoms with Crippen molar-refractivity contribution in [2.45, 2.75) is 65.2 Å². The summed E-state index contributed by atoms with van der Waals surface area (Å²) in [6.45, 7) is 18.1. The minimum absolute atomic E-state index is 0.0362. The van der Waals surface area contributed by atoms with E-state index in [1.54, 1.807) is 0 Å². The van der Waals surface area contributed by atoms with Crippen LogP contribution in [0.25, 0.3) is 0 Å². The molecule has 1 N–H and O–H groups in total. The van der Waals surface area contributed by atoms with Gasteiger partial charge in [0.15, 0.2) is 0 Å². The molecule has 0 bridgehead atoms. The molecular weight excluding hydrogens is 298 g/mol. The lowest BCUT2D eigenvalue weighted by atomic mass is 9.80. The molecule has 0 aliphatic rings. The first kappa shape index (κ1) is 20.3. The lowest BCUT2D eigenvalue weighted by Gasteiger charge is -2.27. The fourth-order valence-electron chi connectivity index (χ4n) is 2.40. The maximum atomic E-state index is 11.1. The highest BCUT2D eigenvalue weighted by atomic mass is 16.5. The van der Waals surface area contributed by atoms with Gasteiger partial charge in [0, 0.05) is 6.54 Å². The van der Waals surface area contributed by atoms with Gasteiger partial charge in [0.25, 0.3) is 0 Å². The molecule has 1 amide bonds. The smallest absolute Gasteiger partial charge is 0.243 e. The highest BCUT2D eigenvalue weighted by Crippen LogP contribution is 2.35. The van der Waals surface area contributed by atoms with E-state index in [9.17, 15) is 4.79 Å². The molecule has 134 valence electrons. The first-order valence-corrected chi connectivity index (χ1v) is 8.74. The highest BCUT2D eigenvalue weighted by Gasteiger charge is 2.22.